The Morgan fingerprint density at radius 2 is 1.96 bits per heavy atom. The van der Waals surface area contributed by atoms with E-state index in [1.807, 2.05) is 41.2 Å². The third-order valence-electron chi connectivity index (χ3n) is 3.44. The molecule has 5 nitrogen and oxygen atoms in total. The van der Waals surface area contributed by atoms with Crippen LogP contribution in [0.5, 0.6) is 0 Å². The Labute approximate surface area is 138 Å². The van der Waals surface area contributed by atoms with Crippen molar-refractivity contribution >= 4 is 17.5 Å². The van der Waals surface area contributed by atoms with Gasteiger partial charge >= 0.3 is 0 Å². The first-order chi connectivity index (χ1) is 11.2. The van der Waals surface area contributed by atoms with Crippen LogP contribution in [-0.2, 0) is 13.1 Å². The van der Waals surface area contributed by atoms with Crippen LogP contribution in [0.4, 0.5) is 0 Å². The molecule has 0 bridgehead atoms. The van der Waals surface area contributed by atoms with Crippen molar-refractivity contribution in [2.24, 2.45) is 0 Å². The van der Waals surface area contributed by atoms with Crippen LogP contribution in [0.1, 0.15) is 21.5 Å². The van der Waals surface area contributed by atoms with Gasteiger partial charge in [0.25, 0.3) is 5.91 Å². The Kier molecular flexibility index (Phi) is 4.68. The highest BCUT2D eigenvalue weighted by Gasteiger charge is 2.08. The molecule has 2 heterocycles. The summed E-state index contributed by atoms with van der Waals surface area (Å²) in [6, 6.07) is 13.0. The second-order valence-corrected chi connectivity index (χ2v) is 5.41. The van der Waals surface area contributed by atoms with Crippen molar-refractivity contribution in [2.45, 2.75) is 13.1 Å². The first-order valence-corrected chi connectivity index (χ1v) is 7.54. The molecule has 0 atom stereocenters. The van der Waals surface area contributed by atoms with Crippen molar-refractivity contribution in [1.82, 2.24) is 20.1 Å². The molecule has 0 aliphatic heterocycles. The zero-order valence-corrected chi connectivity index (χ0v) is 13.1. The number of benzene rings is 1. The molecule has 3 aromatic rings. The Morgan fingerprint density at radius 3 is 2.70 bits per heavy atom. The quantitative estimate of drug-likeness (QED) is 0.733. The average Bonchev–Trinajstić information content (AvgIpc) is 3.07. The number of carbonyl (C=O) groups excluding carboxylic acids is 1. The van der Waals surface area contributed by atoms with E-state index < -0.39 is 0 Å². The van der Waals surface area contributed by atoms with Crippen molar-refractivity contribution in [3.8, 4) is 0 Å². The minimum absolute atomic E-state index is 0.178. The van der Waals surface area contributed by atoms with Gasteiger partial charge in [-0.05, 0) is 29.3 Å². The van der Waals surface area contributed by atoms with Gasteiger partial charge in [0, 0.05) is 30.7 Å². The normalized spacial score (nSPS) is 10.5. The van der Waals surface area contributed by atoms with E-state index >= 15 is 0 Å². The number of hydrogen-bond donors (Lipinski definition) is 1. The van der Waals surface area contributed by atoms with E-state index in [0.717, 1.165) is 11.1 Å². The van der Waals surface area contributed by atoms with Gasteiger partial charge in [-0.15, -0.1) is 0 Å². The van der Waals surface area contributed by atoms with Crippen molar-refractivity contribution in [3.63, 3.8) is 0 Å². The van der Waals surface area contributed by atoms with Crippen LogP contribution in [0.25, 0.3) is 0 Å². The highest BCUT2D eigenvalue weighted by molar-refractivity contribution is 6.29. The average molecular weight is 327 g/mol. The SMILES string of the molecule is O=C(NCc1ccccc1Cn1cccn1)c1ccnc(Cl)c1. The smallest absolute Gasteiger partial charge is 0.251 e. The van der Waals surface area contributed by atoms with Gasteiger partial charge in [0.2, 0.25) is 0 Å². The zero-order chi connectivity index (χ0) is 16.1. The summed E-state index contributed by atoms with van der Waals surface area (Å²) in [6.45, 7) is 1.11. The van der Waals surface area contributed by atoms with Crippen molar-refractivity contribution in [3.05, 3.63) is 82.9 Å². The maximum absolute atomic E-state index is 12.2. The van der Waals surface area contributed by atoms with E-state index in [4.69, 9.17) is 11.6 Å². The van der Waals surface area contributed by atoms with Gasteiger partial charge in [-0.25, -0.2) is 4.98 Å². The topological polar surface area (TPSA) is 59.8 Å². The number of hydrogen-bond acceptors (Lipinski definition) is 3. The zero-order valence-electron chi connectivity index (χ0n) is 12.3. The summed E-state index contributed by atoms with van der Waals surface area (Å²) >= 11 is 5.81. The largest absolute Gasteiger partial charge is 0.348 e. The first kappa shape index (κ1) is 15.2. The van der Waals surface area contributed by atoms with Crippen LogP contribution in [0, 0.1) is 0 Å². The van der Waals surface area contributed by atoms with E-state index in [1.54, 1.807) is 18.3 Å². The lowest BCUT2D eigenvalue weighted by Gasteiger charge is -2.11. The molecule has 0 spiro atoms. The van der Waals surface area contributed by atoms with Crippen LogP contribution < -0.4 is 5.32 Å². The molecule has 2 aromatic heterocycles. The van der Waals surface area contributed by atoms with Crippen LogP contribution >= 0.6 is 11.6 Å². The lowest BCUT2D eigenvalue weighted by Crippen LogP contribution is -2.23. The van der Waals surface area contributed by atoms with Gasteiger partial charge in [-0.3, -0.25) is 9.48 Å². The summed E-state index contributed by atoms with van der Waals surface area (Å²) in [5.74, 6) is -0.178. The molecule has 0 radical (unpaired) electrons. The third kappa shape index (κ3) is 3.96. The minimum Gasteiger partial charge on any atom is -0.348 e. The number of aromatic nitrogens is 3. The monoisotopic (exact) mass is 326 g/mol. The molecule has 1 amide bonds. The van der Waals surface area contributed by atoms with E-state index in [9.17, 15) is 4.79 Å². The summed E-state index contributed by atoms with van der Waals surface area (Å²) in [7, 11) is 0. The second-order valence-electron chi connectivity index (χ2n) is 5.02. The molecule has 0 fully saturated rings. The maximum Gasteiger partial charge on any atom is 0.251 e. The van der Waals surface area contributed by atoms with Crippen molar-refractivity contribution < 1.29 is 4.79 Å². The molecule has 0 unspecified atom stereocenters. The lowest BCUT2D eigenvalue weighted by molar-refractivity contribution is 0.0950. The number of halogens is 1. The second kappa shape index (κ2) is 7.07. The predicted molar refractivity (Wildman–Crippen MR) is 88.2 cm³/mol. The van der Waals surface area contributed by atoms with Crippen LogP contribution in [0.15, 0.2) is 61.1 Å². The van der Waals surface area contributed by atoms with Gasteiger partial charge in [-0.1, -0.05) is 35.9 Å². The Hall–Kier alpha value is -2.66. The molecule has 1 aromatic carbocycles. The molecule has 3 rings (SSSR count). The molecule has 0 saturated heterocycles. The van der Waals surface area contributed by atoms with Crippen molar-refractivity contribution in [2.75, 3.05) is 0 Å². The van der Waals surface area contributed by atoms with Gasteiger partial charge in [0.05, 0.1) is 6.54 Å². The molecular weight excluding hydrogens is 312 g/mol. The van der Waals surface area contributed by atoms with E-state index in [0.29, 0.717) is 23.8 Å². The van der Waals surface area contributed by atoms with E-state index in [-0.39, 0.29) is 5.91 Å². The summed E-state index contributed by atoms with van der Waals surface area (Å²) in [5.41, 5.74) is 2.66. The fraction of sp³-hybridized carbons (Fsp3) is 0.118. The molecular formula is C17H15ClN4O. The van der Waals surface area contributed by atoms with Gasteiger partial charge in [-0.2, -0.15) is 5.10 Å². The van der Waals surface area contributed by atoms with Crippen LogP contribution in [0.2, 0.25) is 5.15 Å². The lowest BCUT2D eigenvalue weighted by atomic mass is 10.1. The van der Waals surface area contributed by atoms with Crippen LogP contribution in [0.3, 0.4) is 0 Å². The number of nitrogens with zero attached hydrogens (tertiary/aromatic N) is 3. The van der Waals surface area contributed by atoms with Crippen LogP contribution in [-0.4, -0.2) is 20.7 Å². The summed E-state index contributed by atoms with van der Waals surface area (Å²) in [6.07, 6.45) is 5.18. The number of carbonyl (C=O) groups is 1. The predicted octanol–water partition coefficient (Wildman–Crippen LogP) is 2.91. The fourth-order valence-electron chi connectivity index (χ4n) is 2.27. The summed E-state index contributed by atoms with van der Waals surface area (Å²) in [5, 5.41) is 7.42. The molecule has 0 saturated carbocycles. The maximum atomic E-state index is 12.2. The number of nitrogens with one attached hydrogen (secondary N) is 1. The Balaban J connectivity index is 1.69. The fourth-order valence-corrected chi connectivity index (χ4v) is 2.45. The standard InChI is InChI=1S/C17H15ClN4O/c18-16-10-13(6-8-19-16)17(23)20-11-14-4-1-2-5-15(14)12-22-9-3-7-21-22/h1-10H,11-12H2,(H,20,23). The number of amides is 1. The molecule has 0 aliphatic carbocycles. The summed E-state index contributed by atoms with van der Waals surface area (Å²) in [4.78, 5) is 16.1. The van der Waals surface area contributed by atoms with Gasteiger partial charge in [0.1, 0.15) is 5.15 Å². The van der Waals surface area contributed by atoms with Crippen molar-refractivity contribution in [1.29, 1.82) is 0 Å². The first-order valence-electron chi connectivity index (χ1n) is 7.16. The molecule has 116 valence electrons. The molecule has 0 aliphatic rings. The van der Waals surface area contributed by atoms with Gasteiger partial charge in [0.15, 0.2) is 0 Å². The van der Waals surface area contributed by atoms with Gasteiger partial charge < -0.3 is 5.32 Å². The van der Waals surface area contributed by atoms with E-state index in [2.05, 4.69) is 15.4 Å². The highest BCUT2D eigenvalue weighted by atomic mass is 35.5. The molecule has 1 N–H and O–H groups in total. The minimum atomic E-state index is -0.178. The molecule has 23 heavy (non-hydrogen) atoms. The summed E-state index contributed by atoms with van der Waals surface area (Å²) < 4.78 is 1.85. The Morgan fingerprint density at radius 1 is 1.13 bits per heavy atom. The number of rotatable bonds is 5. The van der Waals surface area contributed by atoms with E-state index in [1.165, 1.54) is 6.20 Å². The highest BCUT2D eigenvalue weighted by Crippen LogP contribution is 2.11. The molecule has 6 heteroatoms. The number of pyridine rings is 1. The Bertz CT molecular complexity index is 802. The third-order valence-corrected chi connectivity index (χ3v) is 3.64.